The van der Waals surface area contributed by atoms with Crippen molar-refractivity contribution in [3.05, 3.63) is 0 Å². The fraction of sp³-hybridized carbons (Fsp3) is 1.00. The van der Waals surface area contributed by atoms with E-state index >= 15 is 0 Å². The van der Waals surface area contributed by atoms with E-state index in [-0.39, 0.29) is 11.0 Å². The van der Waals surface area contributed by atoms with Crippen molar-refractivity contribution in [2.45, 2.75) is 59.9 Å². The Bertz CT molecular complexity index is 236. The fourth-order valence-electron chi connectivity index (χ4n) is 2.44. The molecule has 0 atom stereocenters. The zero-order valence-electron chi connectivity index (χ0n) is 12.1. The van der Waals surface area contributed by atoms with Gasteiger partial charge in [-0.25, -0.2) is 0 Å². The van der Waals surface area contributed by atoms with Crippen LogP contribution in [-0.2, 0) is 0 Å². The van der Waals surface area contributed by atoms with Crippen LogP contribution >= 0.6 is 0 Å². The third-order valence-corrected chi connectivity index (χ3v) is 4.34. The maximum absolute atomic E-state index is 6.27. The summed E-state index contributed by atoms with van der Waals surface area (Å²) >= 11 is 0. The summed E-state index contributed by atoms with van der Waals surface area (Å²) in [6, 6.07) is 0. The predicted octanol–water partition coefficient (Wildman–Crippen LogP) is 2.87. The van der Waals surface area contributed by atoms with E-state index in [0.717, 1.165) is 6.54 Å². The van der Waals surface area contributed by atoms with Gasteiger partial charge in [-0.1, -0.05) is 27.7 Å². The van der Waals surface area contributed by atoms with Crippen LogP contribution in [0.25, 0.3) is 0 Å². The van der Waals surface area contributed by atoms with Crippen molar-refractivity contribution in [3.63, 3.8) is 0 Å². The van der Waals surface area contributed by atoms with Crippen molar-refractivity contribution in [1.29, 1.82) is 0 Å². The molecule has 0 unspecified atom stereocenters. The molecule has 0 aromatic carbocycles. The molecule has 1 aliphatic heterocycles. The van der Waals surface area contributed by atoms with Gasteiger partial charge in [0.15, 0.2) is 0 Å². The smallest absolute Gasteiger partial charge is 0.0161 e. The molecule has 2 N–H and O–H groups in total. The molecule has 1 saturated heterocycles. The van der Waals surface area contributed by atoms with Crippen LogP contribution in [-0.4, -0.2) is 30.1 Å². The highest BCUT2D eigenvalue weighted by molar-refractivity contribution is 4.93. The Morgan fingerprint density at radius 1 is 1.19 bits per heavy atom. The molecule has 1 rings (SSSR count). The second kappa shape index (κ2) is 4.30. The molecule has 0 bridgehead atoms. The van der Waals surface area contributed by atoms with Gasteiger partial charge in [-0.05, 0) is 44.1 Å². The second-order valence-corrected chi connectivity index (χ2v) is 7.58. The molecule has 0 aromatic rings. The number of nitrogens with two attached hydrogens (primary N) is 1. The Hall–Kier alpha value is -0.0800. The normalized spacial score (nSPS) is 23.4. The average molecular weight is 226 g/mol. The van der Waals surface area contributed by atoms with Gasteiger partial charge in [0, 0.05) is 18.6 Å². The van der Waals surface area contributed by atoms with Crippen molar-refractivity contribution in [2.75, 3.05) is 19.6 Å². The first-order valence-electron chi connectivity index (χ1n) is 6.55. The van der Waals surface area contributed by atoms with Crippen molar-refractivity contribution in [3.8, 4) is 0 Å². The molecule has 1 fully saturated rings. The highest BCUT2D eigenvalue weighted by atomic mass is 15.1. The quantitative estimate of drug-likeness (QED) is 0.802. The van der Waals surface area contributed by atoms with Gasteiger partial charge in [0.25, 0.3) is 0 Å². The molecule has 1 heterocycles. The molecule has 2 heteroatoms. The lowest BCUT2D eigenvalue weighted by Gasteiger charge is -2.46. The lowest BCUT2D eigenvalue weighted by molar-refractivity contribution is 0.0542. The molecule has 16 heavy (non-hydrogen) atoms. The summed E-state index contributed by atoms with van der Waals surface area (Å²) in [6.45, 7) is 17.2. The van der Waals surface area contributed by atoms with E-state index in [1.807, 2.05) is 0 Å². The van der Waals surface area contributed by atoms with Crippen LogP contribution in [0.1, 0.15) is 54.4 Å². The largest absolute Gasteiger partial charge is 0.325 e. The van der Waals surface area contributed by atoms with Gasteiger partial charge in [-0.2, -0.15) is 0 Å². The second-order valence-electron chi connectivity index (χ2n) is 7.58. The van der Waals surface area contributed by atoms with Crippen molar-refractivity contribution in [1.82, 2.24) is 4.90 Å². The summed E-state index contributed by atoms with van der Waals surface area (Å²) in [4.78, 5) is 2.60. The van der Waals surface area contributed by atoms with Crippen molar-refractivity contribution >= 4 is 0 Å². The van der Waals surface area contributed by atoms with E-state index in [9.17, 15) is 0 Å². The Balaban J connectivity index is 2.61. The molecule has 0 amide bonds. The highest BCUT2D eigenvalue weighted by Gasteiger charge is 2.37. The van der Waals surface area contributed by atoms with Crippen LogP contribution in [0, 0.1) is 10.8 Å². The van der Waals surface area contributed by atoms with E-state index in [1.54, 1.807) is 0 Å². The topological polar surface area (TPSA) is 29.3 Å². The van der Waals surface area contributed by atoms with Gasteiger partial charge in [-0.15, -0.1) is 0 Å². The maximum atomic E-state index is 6.27. The van der Waals surface area contributed by atoms with E-state index in [1.165, 1.54) is 25.9 Å². The lowest BCUT2D eigenvalue weighted by atomic mass is 9.74. The molecule has 2 nitrogen and oxygen atoms in total. The minimum absolute atomic E-state index is 0.116. The molecule has 0 spiro atoms. The first kappa shape index (κ1) is 14.0. The Morgan fingerprint density at radius 2 is 1.75 bits per heavy atom. The number of piperidine rings is 1. The number of nitrogens with zero attached hydrogens (tertiary/aromatic N) is 1. The monoisotopic (exact) mass is 226 g/mol. The maximum Gasteiger partial charge on any atom is 0.0161 e. The van der Waals surface area contributed by atoms with Crippen LogP contribution in [0.5, 0.6) is 0 Å². The third-order valence-electron chi connectivity index (χ3n) is 4.34. The van der Waals surface area contributed by atoms with Gasteiger partial charge in [0.2, 0.25) is 0 Å². The van der Waals surface area contributed by atoms with Gasteiger partial charge in [-0.3, -0.25) is 0 Å². The van der Waals surface area contributed by atoms with Gasteiger partial charge in [0.1, 0.15) is 0 Å². The minimum atomic E-state index is -0.116. The highest BCUT2D eigenvalue weighted by Crippen LogP contribution is 2.34. The third kappa shape index (κ3) is 3.46. The summed E-state index contributed by atoms with van der Waals surface area (Å²) in [7, 11) is 0. The Morgan fingerprint density at radius 3 is 2.19 bits per heavy atom. The Kier molecular flexibility index (Phi) is 3.76. The standard InChI is InChI=1S/C14H30N2/c1-12(2)8-7-9-16(10-12)11-13(3,4)14(5,6)15/h7-11,15H2,1-6H3. The van der Waals surface area contributed by atoms with E-state index in [0.29, 0.717) is 5.41 Å². The molecule has 96 valence electrons. The molecular weight excluding hydrogens is 196 g/mol. The predicted molar refractivity (Wildman–Crippen MR) is 71.5 cm³/mol. The number of hydrogen-bond donors (Lipinski definition) is 1. The molecule has 0 aromatic heterocycles. The van der Waals surface area contributed by atoms with Crippen LogP contribution < -0.4 is 5.73 Å². The van der Waals surface area contributed by atoms with Crippen LogP contribution in [0.15, 0.2) is 0 Å². The summed E-state index contributed by atoms with van der Waals surface area (Å²) in [5, 5.41) is 0. The number of rotatable bonds is 3. The van der Waals surface area contributed by atoms with E-state index < -0.39 is 0 Å². The van der Waals surface area contributed by atoms with Crippen LogP contribution in [0.3, 0.4) is 0 Å². The molecule has 0 aliphatic carbocycles. The van der Waals surface area contributed by atoms with E-state index in [4.69, 9.17) is 5.73 Å². The van der Waals surface area contributed by atoms with Gasteiger partial charge in [0.05, 0.1) is 0 Å². The zero-order valence-corrected chi connectivity index (χ0v) is 12.1. The van der Waals surface area contributed by atoms with Gasteiger partial charge < -0.3 is 10.6 Å². The average Bonchev–Trinajstić information content (AvgIpc) is 1.98. The van der Waals surface area contributed by atoms with Crippen molar-refractivity contribution in [2.24, 2.45) is 16.6 Å². The molecule has 0 saturated carbocycles. The van der Waals surface area contributed by atoms with Crippen molar-refractivity contribution < 1.29 is 0 Å². The summed E-state index contributed by atoms with van der Waals surface area (Å²) < 4.78 is 0. The fourth-order valence-corrected chi connectivity index (χ4v) is 2.44. The first-order valence-corrected chi connectivity index (χ1v) is 6.55. The summed E-state index contributed by atoms with van der Waals surface area (Å²) in [5.74, 6) is 0. The Labute approximate surface area is 102 Å². The van der Waals surface area contributed by atoms with Gasteiger partial charge >= 0.3 is 0 Å². The molecule has 0 radical (unpaired) electrons. The minimum Gasteiger partial charge on any atom is -0.325 e. The summed E-state index contributed by atoms with van der Waals surface area (Å²) in [5.41, 5.74) is 6.80. The van der Waals surface area contributed by atoms with Crippen LogP contribution in [0.4, 0.5) is 0 Å². The molecular formula is C14H30N2. The van der Waals surface area contributed by atoms with E-state index in [2.05, 4.69) is 46.4 Å². The number of likely N-dealkylation sites (tertiary alicyclic amines) is 1. The first-order chi connectivity index (χ1) is 7.04. The number of hydrogen-bond acceptors (Lipinski definition) is 2. The molecule has 1 aliphatic rings. The SMILES string of the molecule is CC1(C)CCCN(CC(C)(C)C(C)(C)N)C1. The lowest BCUT2D eigenvalue weighted by Crippen LogP contribution is -2.55. The summed E-state index contributed by atoms with van der Waals surface area (Å²) in [6.07, 6.45) is 2.68. The van der Waals surface area contributed by atoms with Crippen LogP contribution in [0.2, 0.25) is 0 Å². The zero-order chi connectivity index (χ0) is 12.6.